The number of thiophene rings is 1. The number of benzene rings is 1. The summed E-state index contributed by atoms with van der Waals surface area (Å²) >= 11 is 1.82. The van der Waals surface area contributed by atoms with E-state index in [4.69, 9.17) is 0 Å². The van der Waals surface area contributed by atoms with Crippen molar-refractivity contribution in [3.8, 4) is 0 Å². The highest BCUT2D eigenvalue weighted by Crippen LogP contribution is 2.29. The fraction of sp³-hybridized carbons (Fsp3) is 0.556. The number of hydrogen-bond acceptors (Lipinski definition) is 2. The zero-order chi connectivity index (χ0) is 13.8. The minimum absolute atomic E-state index is 0.674. The smallest absolute Gasteiger partial charge is 0.0349 e. The van der Waals surface area contributed by atoms with E-state index in [2.05, 4.69) is 41.9 Å². The lowest BCUT2D eigenvalue weighted by atomic mass is 9.95. The maximum Gasteiger partial charge on any atom is 0.0349 e. The summed E-state index contributed by atoms with van der Waals surface area (Å²) < 4.78 is 1.39. The summed E-state index contributed by atoms with van der Waals surface area (Å²) in [7, 11) is 0. The van der Waals surface area contributed by atoms with Crippen molar-refractivity contribution in [3.05, 3.63) is 29.6 Å². The van der Waals surface area contributed by atoms with Crippen LogP contribution < -0.4 is 5.32 Å². The average molecular weight is 287 g/mol. The lowest BCUT2D eigenvalue weighted by Crippen LogP contribution is -2.18. The molecule has 1 aromatic carbocycles. The molecule has 1 N–H and O–H groups in total. The van der Waals surface area contributed by atoms with Crippen LogP contribution in [0.4, 0.5) is 5.69 Å². The summed E-state index contributed by atoms with van der Waals surface area (Å²) in [5.41, 5.74) is 1.30. The molecule has 0 spiro atoms. The van der Waals surface area contributed by atoms with Crippen LogP contribution in [0.5, 0.6) is 0 Å². The average Bonchev–Trinajstić information content (AvgIpc) is 2.81. The van der Waals surface area contributed by atoms with Gasteiger partial charge in [-0.1, -0.05) is 32.6 Å². The predicted molar refractivity (Wildman–Crippen MR) is 90.7 cm³/mol. The van der Waals surface area contributed by atoms with Crippen molar-refractivity contribution in [1.82, 2.24) is 0 Å². The van der Waals surface area contributed by atoms with Crippen molar-refractivity contribution in [2.24, 2.45) is 5.92 Å². The number of fused-ring (bicyclic) bond motifs is 1. The van der Waals surface area contributed by atoms with Gasteiger partial charge < -0.3 is 5.32 Å². The second-order valence-corrected chi connectivity index (χ2v) is 7.13. The molecule has 0 radical (unpaired) electrons. The van der Waals surface area contributed by atoms with Crippen LogP contribution >= 0.6 is 11.3 Å². The molecule has 20 heavy (non-hydrogen) atoms. The first-order valence-corrected chi connectivity index (χ1v) is 8.97. The lowest BCUT2D eigenvalue weighted by molar-refractivity contribution is 0.422. The van der Waals surface area contributed by atoms with Crippen LogP contribution in [0.25, 0.3) is 10.1 Å². The second kappa shape index (κ2) is 6.62. The molecule has 1 aliphatic rings. The van der Waals surface area contributed by atoms with Crippen molar-refractivity contribution >= 4 is 27.1 Å². The highest BCUT2D eigenvalue weighted by molar-refractivity contribution is 7.17. The van der Waals surface area contributed by atoms with Crippen LogP contribution in [-0.4, -0.2) is 6.04 Å². The number of hydrogen-bond donors (Lipinski definition) is 1. The van der Waals surface area contributed by atoms with E-state index >= 15 is 0 Å². The Balaban J connectivity index is 1.62. The van der Waals surface area contributed by atoms with Gasteiger partial charge in [0.25, 0.3) is 0 Å². The normalized spacial score (nSPS) is 23.6. The number of nitrogens with one attached hydrogen (secondary N) is 1. The monoisotopic (exact) mass is 287 g/mol. The fourth-order valence-corrected chi connectivity index (χ4v) is 4.28. The molecule has 1 nitrogen and oxygen atoms in total. The van der Waals surface area contributed by atoms with Gasteiger partial charge in [-0.05, 0) is 60.2 Å². The van der Waals surface area contributed by atoms with Gasteiger partial charge >= 0.3 is 0 Å². The summed E-state index contributed by atoms with van der Waals surface area (Å²) in [4.78, 5) is 0. The van der Waals surface area contributed by atoms with Gasteiger partial charge in [-0.25, -0.2) is 0 Å². The third kappa shape index (κ3) is 3.35. The summed E-state index contributed by atoms with van der Waals surface area (Å²) in [5, 5.41) is 7.32. The Morgan fingerprint density at radius 2 is 2.10 bits per heavy atom. The van der Waals surface area contributed by atoms with Gasteiger partial charge in [-0.2, -0.15) is 0 Å². The van der Waals surface area contributed by atoms with Crippen molar-refractivity contribution in [2.75, 3.05) is 5.32 Å². The Bertz CT molecular complexity index is 545. The summed E-state index contributed by atoms with van der Waals surface area (Å²) in [5.74, 6) is 0.978. The van der Waals surface area contributed by atoms with E-state index in [1.165, 1.54) is 60.7 Å². The van der Waals surface area contributed by atoms with Gasteiger partial charge in [-0.15, -0.1) is 11.3 Å². The van der Waals surface area contributed by atoms with Crippen molar-refractivity contribution < 1.29 is 0 Å². The molecule has 2 aromatic rings. The van der Waals surface area contributed by atoms with Crippen molar-refractivity contribution in [1.29, 1.82) is 0 Å². The van der Waals surface area contributed by atoms with Crippen LogP contribution in [0, 0.1) is 5.92 Å². The van der Waals surface area contributed by atoms with E-state index < -0.39 is 0 Å². The zero-order valence-corrected chi connectivity index (χ0v) is 13.2. The molecule has 1 aromatic heterocycles. The van der Waals surface area contributed by atoms with Gasteiger partial charge in [0.2, 0.25) is 0 Å². The molecule has 2 atom stereocenters. The second-order valence-electron chi connectivity index (χ2n) is 6.18. The van der Waals surface area contributed by atoms with Crippen LogP contribution in [0.3, 0.4) is 0 Å². The standard InChI is InChI=1S/C18H25NS/c1-2-4-14-5-3-6-16(8-7-14)19-17-9-10-18-15(13-17)11-12-20-18/h9-14,16,19H,2-8H2,1H3. The van der Waals surface area contributed by atoms with Crippen LogP contribution in [0.2, 0.25) is 0 Å². The Hall–Kier alpha value is -1.02. The third-order valence-electron chi connectivity index (χ3n) is 4.61. The molecule has 1 aliphatic carbocycles. The Morgan fingerprint density at radius 1 is 1.15 bits per heavy atom. The van der Waals surface area contributed by atoms with E-state index in [-0.39, 0.29) is 0 Å². The Labute approximate surface area is 126 Å². The van der Waals surface area contributed by atoms with Gasteiger partial charge in [-0.3, -0.25) is 0 Å². The molecule has 3 rings (SSSR count). The third-order valence-corrected chi connectivity index (χ3v) is 5.51. The topological polar surface area (TPSA) is 12.0 Å². The lowest BCUT2D eigenvalue weighted by Gasteiger charge is -2.18. The molecule has 0 bridgehead atoms. The summed E-state index contributed by atoms with van der Waals surface area (Å²) in [6.07, 6.45) is 9.68. The van der Waals surface area contributed by atoms with Crippen LogP contribution in [0.15, 0.2) is 29.6 Å². The summed E-state index contributed by atoms with van der Waals surface area (Å²) in [6.45, 7) is 2.32. The molecule has 2 heteroatoms. The quantitative estimate of drug-likeness (QED) is 0.674. The molecule has 1 heterocycles. The zero-order valence-electron chi connectivity index (χ0n) is 12.4. The van der Waals surface area contributed by atoms with Gasteiger partial charge in [0, 0.05) is 16.4 Å². The highest BCUT2D eigenvalue weighted by atomic mass is 32.1. The van der Waals surface area contributed by atoms with Crippen molar-refractivity contribution in [2.45, 2.75) is 57.9 Å². The SMILES string of the molecule is CCCC1CCCC(Nc2ccc3sccc3c2)CC1. The first-order chi connectivity index (χ1) is 9.85. The van der Waals surface area contributed by atoms with Gasteiger partial charge in [0.1, 0.15) is 0 Å². The molecule has 0 saturated heterocycles. The number of rotatable bonds is 4. The van der Waals surface area contributed by atoms with Crippen LogP contribution in [0.1, 0.15) is 51.9 Å². The van der Waals surface area contributed by atoms with E-state index in [0.29, 0.717) is 6.04 Å². The molecule has 1 saturated carbocycles. The highest BCUT2D eigenvalue weighted by Gasteiger charge is 2.18. The van der Waals surface area contributed by atoms with E-state index in [0.717, 1.165) is 5.92 Å². The Morgan fingerprint density at radius 3 is 3.00 bits per heavy atom. The molecule has 0 amide bonds. The predicted octanol–water partition coefficient (Wildman–Crippen LogP) is 6.06. The molecule has 0 aliphatic heterocycles. The Kier molecular flexibility index (Phi) is 4.62. The molecule has 2 unspecified atom stereocenters. The first-order valence-electron chi connectivity index (χ1n) is 8.09. The number of anilines is 1. The summed E-state index contributed by atoms with van der Waals surface area (Å²) in [6, 6.07) is 9.69. The molecular weight excluding hydrogens is 262 g/mol. The largest absolute Gasteiger partial charge is 0.382 e. The minimum Gasteiger partial charge on any atom is -0.382 e. The molecule has 1 fully saturated rings. The van der Waals surface area contributed by atoms with Gasteiger partial charge in [0.15, 0.2) is 0 Å². The molecule has 108 valence electrons. The van der Waals surface area contributed by atoms with E-state index in [1.54, 1.807) is 0 Å². The maximum atomic E-state index is 3.77. The van der Waals surface area contributed by atoms with Crippen LogP contribution in [-0.2, 0) is 0 Å². The van der Waals surface area contributed by atoms with E-state index in [1.807, 2.05) is 11.3 Å². The first kappa shape index (κ1) is 13.9. The fourth-order valence-electron chi connectivity index (χ4n) is 3.51. The molecular formula is C18H25NS. The maximum absolute atomic E-state index is 3.77. The minimum atomic E-state index is 0.674. The van der Waals surface area contributed by atoms with E-state index in [9.17, 15) is 0 Å². The van der Waals surface area contributed by atoms with Crippen molar-refractivity contribution in [3.63, 3.8) is 0 Å². The van der Waals surface area contributed by atoms with Gasteiger partial charge in [0.05, 0.1) is 0 Å².